The van der Waals surface area contributed by atoms with Gasteiger partial charge in [0.15, 0.2) is 0 Å². The van der Waals surface area contributed by atoms with Crippen molar-refractivity contribution in [2.45, 2.75) is 225 Å². The average molecular weight is 611 g/mol. The lowest BCUT2D eigenvalue weighted by atomic mass is 10.0. The van der Waals surface area contributed by atoms with Gasteiger partial charge < -0.3 is 14.2 Å². The fraction of sp³-hybridized carbons (Fsp3) is 0.974. The van der Waals surface area contributed by atoms with Crippen molar-refractivity contribution in [2.24, 2.45) is 0 Å². The first-order chi connectivity index (χ1) is 21.2. The Morgan fingerprint density at radius 3 is 1.07 bits per heavy atom. The number of hydrogen-bond donors (Lipinski definition) is 0. The summed E-state index contributed by atoms with van der Waals surface area (Å²) in [6.45, 7) is 5.15. The van der Waals surface area contributed by atoms with Gasteiger partial charge in [-0.05, 0) is 38.5 Å². The molecule has 0 aliphatic heterocycles. The molecule has 0 aromatic rings. The third-order valence-electron chi connectivity index (χ3n) is 9.27. The predicted molar refractivity (Wildman–Crippen MR) is 187 cm³/mol. The summed E-state index contributed by atoms with van der Waals surface area (Å²) in [7, 11) is 3.76. The van der Waals surface area contributed by atoms with Gasteiger partial charge in [0.1, 0.15) is 0 Å². The zero-order chi connectivity index (χ0) is 31.5. The molecular formula is C39H78O4. The molecule has 0 radical (unpaired) electrons. The summed E-state index contributed by atoms with van der Waals surface area (Å²) in [6.07, 6.45) is 40.1. The van der Waals surface area contributed by atoms with Gasteiger partial charge in [0.2, 0.25) is 0 Å². The lowest BCUT2D eigenvalue weighted by Gasteiger charge is -2.15. The highest BCUT2D eigenvalue weighted by Crippen LogP contribution is 2.18. The summed E-state index contributed by atoms with van der Waals surface area (Å²) in [4.78, 5) is 12.0. The Bertz CT molecular complexity index is 537. The number of methoxy groups -OCH3 is 2. The second-order valence-corrected chi connectivity index (χ2v) is 13.3. The van der Waals surface area contributed by atoms with Gasteiger partial charge in [-0.1, -0.05) is 168 Å². The van der Waals surface area contributed by atoms with Gasteiger partial charge >= 0.3 is 5.97 Å². The quantitative estimate of drug-likeness (QED) is 0.0523. The maximum absolute atomic E-state index is 12.0. The van der Waals surface area contributed by atoms with Crippen molar-refractivity contribution in [2.75, 3.05) is 20.8 Å². The molecule has 0 N–H and O–H groups in total. The largest absolute Gasteiger partial charge is 0.466 e. The number of carbonyl (C=O) groups is 1. The molecule has 43 heavy (non-hydrogen) atoms. The van der Waals surface area contributed by atoms with E-state index in [0.29, 0.717) is 25.2 Å². The van der Waals surface area contributed by atoms with Crippen molar-refractivity contribution in [3.05, 3.63) is 0 Å². The molecule has 0 rings (SSSR count). The average Bonchev–Trinajstić information content (AvgIpc) is 3.02. The van der Waals surface area contributed by atoms with Crippen LogP contribution in [0.5, 0.6) is 0 Å². The van der Waals surface area contributed by atoms with E-state index < -0.39 is 0 Å². The Labute approximate surface area is 270 Å². The normalized spacial score (nSPS) is 12.9. The minimum absolute atomic E-state index is 0.00991. The fourth-order valence-electron chi connectivity index (χ4n) is 6.21. The first-order valence-corrected chi connectivity index (χ1v) is 19.4. The van der Waals surface area contributed by atoms with Crippen LogP contribution in [-0.4, -0.2) is 39.0 Å². The summed E-state index contributed by atoms with van der Waals surface area (Å²) in [6, 6.07) is 0. The van der Waals surface area contributed by atoms with Crippen LogP contribution in [0.15, 0.2) is 0 Å². The highest BCUT2D eigenvalue weighted by atomic mass is 16.5. The van der Waals surface area contributed by atoms with E-state index in [-0.39, 0.29) is 5.97 Å². The van der Waals surface area contributed by atoms with E-state index >= 15 is 0 Å². The molecule has 0 aliphatic carbocycles. The Balaban J connectivity index is 3.34. The van der Waals surface area contributed by atoms with Gasteiger partial charge in [-0.25, -0.2) is 0 Å². The van der Waals surface area contributed by atoms with E-state index in [1.807, 2.05) is 14.2 Å². The summed E-state index contributed by atoms with van der Waals surface area (Å²) >= 11 is 0. The molecule has 0 amide bonds. The molecule has 0 aromatic carbocycles. The number of hydrogen-bond acceptors (Lipinski definition) is 4. The van der Waals surface area contributed by atoms with Gasteiger partial charge in [-0.15, -0.1) is 0 Å². The molecule has 4 heteroatoms. The Hall–Kier alpha value is -0.610. The van der Waals surface area contributed by atoms with Gasteiger partial charge in [0, 0.05) is 20.6 Å². The molecule has 0 heterocycles. The van der Waals surface area contributed by atoms with Crippen LogP contribution in [-0.2, 0) is 19.0 Å². The smallest absolute Gasteiger partial charge is 0.305 e. The number of carbonyl (C=O) groups excluding carboxylic acids is 1. The number of unbranched alkanes of at least 4 members (excludes halogenated alkanes) is 22. The zero-order valence-corrected chi connectivity index (χ0v) is 29.9. The van der Waals surface area contributed by atoms with Gasteiger partial charge in [0.25, 0.3) is 0 Å². The molecule has 0 fully saturated rings. The van der Waals surface area contributed by atoms with Crippen molar-refractivity contribution >= 4 is 5.97 Å². The maximum Gasteiger partial charge on any atom is 0.305 e. The second kappa shape index (κ2) is 35.9. The van der Waals surface area contributed by atoms with E-state index in [0.717, 1.165) is 19.3 Å². The van der Waals surface area contributed by atoms with E-state index in [1.54, 1.807) is 0 Å². The van der Waals surface area contributed by atoms with Crippen molar-refractivity contribution in [3.63, 3.8) is 0 Å². The molecule has 4 nitrogen and oxygen atoms in total. The molecule has 0 aromatic heterocycles. The first-order valence-electron chi connectivity index (χ1n) is 19.4. The molecule has 0 aliphatic rings. The van der Waals surface area contributed by atoms with Crippen LogP contribution in [0, 0.1) is 0 Å². The van der Waals surface area contributed by atoms with E-state index in [9.17, 15) is 4.79 Å². The summed E-state index contributed by atoms with van der Waals surface area (Å²) in [5, 5.41) is 0. The first kappa shape index (κ1) is 42.4. The highest BCUT2D eigenvalue weighted by molar-refractivity contribution is 5.69. The van der Waals surface area contributed by atoms with Crippen LogP contribution in [0.3, 0.4) is 0 Å². The topological polar surface area (TPSA) is 44.8 Å². The van der Waals surface area contributed by atoms with Crippen LogP contribution in [0.4, 0.5) is 0 Å². The predicted octanol–water partition coefficient (Wildman–Crippen LogP) is 12.7. The minimum Gasteiger partial charge on any atom is -0.466 e. The molecule has 258 valence electrons. The maximum atomic E-state index is 12.0. The Morgan fingerprint density at radius 2 is 0.721 bits per heavy atom. The van der Waals surface area contributed by atoms with Gasteiger partial charge in [-0.3, -0.25) is 4.79 Å². The number of ether oxygens (including phenoxy) is 3. The molecule has 2 atom stereocenters. The molecule has 0 saturated heterocycles. The van der Waals surface area contributed by atoms with Crippen LogP contribution < -0.4 is 0 Å². The Kier molecular flexibility index (Phi) is 35.4. The third kappa shape index (κ3) is 32.6. The van der Waals surface area contributed by atoms with Crippen molar-refractivity contribution in [1.82, 2.24) is 0 Å². The molecule has 0 bridgehead atoms. The highest BCUT2D eigenvalue weighted by Gasteiger charge is 2.08. The molecule has 2 unspecified atom stereocenters. The summed E-state index contributed by atoms with van der Waals surface area (Å²) < 4.78 is 16.8. The lowest BCUT2D eigenvalue weighted by molar-refractivity contribution is -0.143. The van der Waals surface area contributed by atoms with E-state index in [1.165, 1.54) is 173 Å². The fourth-order valence-corrected chi connectivity index (χ4v) is 6.21. The number of esters is 1. The van der Waals surface area contributed by atoms with Crippen molar-refractivity contribution < 1.29 is 19.0 Å². The lowest BCUT2D eigenvalue weighted by Crippen LogP contribution is -2.10. The zero-order valence-electron chi connectivity index (χ0n) is 29.9. The monoisotopic (exact) mass is 611 g/mol. The van der Waals surface area contributed by atoms with Gasteiger partial charge in [0.05, 0.1) is 18.8 Å². The molecule has 0 saturated carbocycles. The molecular weight excluding hydrogens is 532 g/mol. The van der Waals surface area contributed by atoms with Crippen LogP contribution in [0.2, 0.25) is 0 Å². The Morgan fingerprint density at radius 1 is 0.419 bits per heavy atom. The summed E-state index contributed by atoms with van der Waals surface area (Å²) in [5.74, 6) is 0.00991. The molecule has 0 spiro atoms. The van der Waals surface area contributed by atoms with Crippen LogP contribution in [0.25, 0.3) is 0 Å². The van der Waals surface area contributed by atoms with Gasteiger partial charge in [-0.2, -0.15) is 0 Å². The third-order valence-corrected chi connectivity index (χ3v) is 9.27. The standard InChI is InChI=1S/C39H78O4/c1-5-7-9-25-31-37(41-3)33-27-21-17-13-11-12-16-20-24-30-36-43-39(40)35-29-23-19-15-14-18-22-28-34-38(42-4)32-26-10-8-6-2/h37-38H,5-36H2,1-4H3. The van der Waals surface area contributed by atoms with E-state index in [4.69, 9.17) is 14.2 Å². The minimum atomic E-state index is 0.00991. The van der Waals surface area contributed by atoms with Crippen LogP contribution >= 0.6 is 0 Å². The summed E-state index contributed by atoms with van der Waals surface area (Å²) in [5.41, 5.74) is 0. The number of rotatable bonds is 36. The SMILES string of the molecule is CCCCCCC(CCCCCCCCCCCCOC(=O)CCCCCCCCCCC(CCCCCC)OC)OC. The van der Waals surface area contributed by atoms with E-state index in [2.05, 4.69) is 13.8 Å². The second-order valence-electron chi connectivity index (χ2n) is 13.3. The van der Waals surface area contributed by atoms with Crippen molar-refractivity contribution in [3.8, 4) is 0 Å². The van der Waals surface area contributed by atoms with Crippen molar-refractivity contribution in [1.29, 1.82) is 0 Å². The van der Waals surface area contributed by atoms with Crippen LogP contribution in [0.1, 0.15) is 213 Å².